The van der Waals surface area contributed by atoms with E-state index in [4.69, 9.17) is 14.5 Å². The number of likely N-dealkylation sites (tertiary alicyclic amines) is 1. The number of fused-ring (bicyclic) bond motifs is 3. The van der Waals surface area contributed by atoms with E-state index in [1.54, 1.807) is 12.0 Å². The first-order chi connectivity index (χ1) is 25.3. The number of carboxylic acids is 1. The summed E-state index contributed by atoms with van der Waals surface area (Å²) in [5.41, 5.74) is 0.866. The molecule has 1 aromatic heterocycles. The van der Waals surface area contributed by atoms with Crippen molar-refractivity contribution >= 4 is 34.6 Å². The van der Waals surface area contributed by atoms with Crippen molar-refractivity contribution < 1.29 is 33.8 Å². The summed E-state index contributed by atoms with van der Waals surface area (Å²) in [4.78, 5) is 63.2. The standard InChI is InChI=1S/C41H48N4O7/c1-51-30-17-18-32-34(22-30)42-33(27-13-8-5-9-14-27)24-36(32)52-31-23-35-38(47)43-41(40(49)50)25-29(41)16-10-4-2-3-7-15-28(39(48)45(35)26-31)21-37(46)44-19-11-6-12-20-44/h5,8-10,13-14,16-18,22,24,28-29,31,35H,2-4,6-7,11-12,15,19-21,23,25-26H2,1H3,(H,43,47)(H,49,50)/b16-10-/t28-,29?,31+,35-,41+/m0/s1. The number of pyridine rings is 1. The molecule has 2 aromatic carbocycles. The van der Waals surface area contributed by atoms with Gasteiger partial charge in [-0.15, -0.1) is 0 Å². The maximum absolute atomic E-state index is 14.6. The van der Waals surface area contributed by atoms with Gasteiger partial charge in [-0.05, 0) is 57.1 Å². The monoisotopic (exact) mass is 708 g/mol. The van der Waals surface area contributed by atoms with E-state index in [1.165, 1.54) is 0 Å². The zero-order valence-electron chi connectivity index (χ0n) is 29.8. The first-order valence-corrected chi connectivity index (χ1v) is 18.8. The number of nitrogens with zero attached hydrogens (tertiary/aromatic N) is 3. The molecule has 3 aromatic rings. The summed E-state index contributed by atoms with van der Waals surface area (Å²) >= 11 is 0. The molecule has 1 unspecified atom stereocenters. The minimum atomic E-state index is -1.41. The number of carbonyl (C=O) groups is 4. The largest absolute Gasteiger partial charge is 0.497 e. The Morgan fingerprint density at radius 1 is 1.00 bits per heavy atom. The van der Waals surface area contributed by atoms with Gasteiger partial charge in [0.15, 0.2) is 0 Å². The number of ether oxygens (including phenoxy) is 2. The average Bonchev–Trinajstić information content (AvgIpc) is 3.70. The quantitative estimate of drug-likeness (QED) is 0.296. The van der Waals surface area contributed by atoms with Crippen molar-refractivity contribution in [1.82, 2.24) is 20.1 Å². The van der Waals surface area contributed by atoms with E-state index in [0.717, 1.165) is 55.9 Å². The van der Waals surface area contributed by atoms with Crippen molar-refractivity contribution in [3.05, 3.63) is 66.7 Å². The third kappa shape index (κ3) is 7.49. The van der Waals surface area contributed by atoms with Crippen LogP contribution in [0.3, 0.4) is 0 Å². The predicted molar refractivity (Wildman–Crippen MR) is 196 cm³/mol. The van der Waals surface area contributed by atoms with Crippen molar-refractivity contribution in [3.63, 3.8) is 0 Å². The van der Waals surface area contributed by atoms with Crippen molar-refractivity contribution in [2.75, 3.05) is 26.7 Å². The van der Waals surface area contributed by atoms with E-state index < -0.39 is 35.5 Å². The van der Waals surface area contributed by atoms with Crippen LogP contribution in [0, 0.1) is 11.8 Å². The molecule has 4 heterocycles. The molecule has 52 heavy (non-hydrogen) atoms. The molecule has 5 atom stereocenters. The van der Waals surface area contributed by atoms with Crippen LogP contribution >= 0.6 is 0 Å². The van der Waals surface area contributed by atoms with Gasteiger partial charge in [0, 0.05) is 60.8 Å². The molecule has 2 saturated heterocycles. The van der Waals surface area contributed by atoms with Crippen molar-refractivity contribution in [1.29, 1.82) is 0 Å². The second-order valence-corrected chi connectivity index (χ2v) is 14.7. The number of rotatable bonds is 7. The fourth-order valence-electron chi connectivity index (χ4n) is 8.10. The molecule has 1 aliphatic carbocycles. The zero-order valence-corrected chi connectivity index (χ0v) is 29.8. The molecule has 2 N–H and O–H groups in total. The Morgan fingerprint density at radius 2 is 1.79 bits per heavy atom. The molecule has 3 fully saturated rings. The van der Waals surface area contributed by atoms with E-state index in [-0.39, 0.29) is 37.1 Å². The maximum atomic E-state index is 14.6. The summed E-state index contributed by atoms with van der Waals surface area (Å²) in [5, 5.41) is 13.9. The van der Waals surface area contributed by atoms with Crippen LogP contribution in [0.2, 0.25) is 0 Å². The molecule has 274 valence electrons. The van der Waals surface area contributed by atoms with Crippen LogP contribution in [0.5, 0.6) is 11.5 Å². The van der Waals surface area contributed by atoms with Crippen molar-refractivity contribution in [3.8, 4) is 22.8 Å². The number of methoxy groups -OCH3 is 1. The third-order valence-electron chi connectivity index (χ3n) is 11.2. The van der Waals surface area contributed by atoms with E-state index in [2.05, 4.69) is 5.32 Å². The van der Waals surface area contributed by atoms with E-state index in [0.29, 0.717) is 48.6 Å². The summed E-state index contributed by atoms with van der Waals surface area (Å²) in [6.45, 7) is 1.52. The molecule has 11 nitrogen and oxygen atoms in total. The zero-order chi connectivity index (χ0) is 36.2. The Labute approximate surface area is 304 Å². The topological polar surface area (TPSA) is 138 Å². The number of benzene rings is 2. The van der Waals surface area contributed by atoms with Gasteiger partial charge in [-0.1, -0.05) is 55.3 Å². The Bertz CT molecular complexity index is 1840. The highest BCUT2D eigenvalue weighted by Crippen LogP contribution is 2.45. The minimum absolute atomic E-state index is 0.0234. The highest BCUT2D eigenvalue weighted by atomic mass is 16.5. The van der Waals surface area contributed by atoms with Crippen LogP contribution < -0.4 is 14.8 Å². The highest BCUT2D eigenvalue weighted by molar-refractivity contribution is 5.96. The van der Waals surface area contributed by atoms with E-state index in [9.17, 15) is 24.3 Å². The summed E-state index contributed by atoms with van der Waals surface area (Å²) in [6.07, 6.45) is 10.8. The smallest absolute Gasteiger partial charge is 0.330 e. The van der Waals surface area contributed by atoms with Gasteiger partial charge in [0.2, 0.25) is 17.7 Å². The molecule has 0 radical (unpaired) electrons. The predicted octanol–water partition coefficient (Wildman–Crippen LogP) is 5.76. The number of aliphatic carboxylic acids is 1. The lowest BCUT2D eigenvalue weighted by Gasteiger charge is -2.31. The first kappa shape index (κ1) is 35.5. The van der Waals surface area contributed by atoms with Gasteiger partial charge in [-0.25, -0.2) is 9.78 Å². The molecular weight excluding hydrogens is 660 g/mol. The number of carbonyl (C=O) groups excluding carboxylic acids is 3. The summed E-state index contributed by atoms with van der Waals surface area (Å²) in [5.74, 6) is -1.58. The fraction of sp³-hybridized carbons (Fsp3) is 0.488. The number of carboxylic acid groups (broad SMARTS) is 1. The van der Waals surface area contributed by atoms with Gasteiger partial charge >= 0.3 is 5.97 Å². The fourth-order valence-corrected chi connectivity index (χ4v) is 8.10. The highest BCUT2D eigenvalue weighted by Gasteiger charge is 2.61. The molecule has 0 spiro atoms. The van der Waals surface area contributed by atoms with Gasteiger partial charge in [-0.3, -0.25) is 14.4 Å². The normalized spacial score (nSPS) is 27.4. The molecule has 11 heteroatoms. The van der Waals surface area contributed by atoms with Crippen LogP contribution in [-0.2, 0) is 19.2 Å². The van der Waals surface area contributed by atoms with Crippen LogP contribution in [0.4, 0.5) is 0 Å². The van der Waals surface area contributed by atoms with Gasteiger partial charge in [-0.2, -0.15) is 0 Å². The third-order valence-corrected chi connectivity index (χ3v) is 11.2. The second-order valence-electron chi connectivity index (χ2n) is 14.7. The first-order valence-electron chi connectivity index (χ1n) is 18.8. The molecular formula is C41H48N4O7. The average molecular weight is 709 g/mol. The summed E-state index contributed by atoms with van der Waals surface area (Å²) < 4.78 is 12.2. The number of piperidine rings is 1. The van der Waals surface area contributed by atoms with Crippen LogP contribution in [0.25, 0.3) is 22.2 Å². The summed E-state index contributed by atoms with van der Waals surface area (Å²) in [6, 6.07) is 16.2. The van der Waals surface area contributed by atoms with Gasteiger partial charge in [0.05, 0.1) is 24.9 Å². The van der Waals surface area contributed by atoms with Gasteiger partial charge in [0.1, 0.15) is 29.2 Å². The molecule has 1 saturated carbocycles. The number of amides is 3. The van der Waals surface area contributed by atoms with Gasteiger partial charge in [0.25, 0.3) is 0 Å². The number of hydrogen-bond donors (Lipinski definition) is 2. The lowest BCUT2D eigenvalue weighted by atomic mass is 9.94. The van der Waals surface area contributed by atoms with E-state index >= 15 is 0 Å². The molecule has 3 amide bonds. The Morgan fingerprint density at radius 3 is 2.56 bits per heavy atom. The second kappa shape index (κ2) is 15.4. The van der Waals surface area contributed by atoms with Crippen molar-refractivity contribution in [2.24, 2.45) is 11.8 Å². The van der Waals surface area contributed by atoms with Gasteiger partial charge < -0.3 is 29.7 Å². The maximum Gasteiger partial charge on any atom is 0.330 e. The Kier molecular flexibility index (Phi) is 10.5. The summed E-state index contributed by atoms with van der Waals surface area (Å²) in [7, 11) is 1.60. The van der Waals surface area contributed by atoms with Crippen LogP contribution in [0.1, 0.15) is 70.6 Å². The molecule has 3 aliphatic heterocycles. The number of hydrogen-bond acceptors (Lipinski definition) is 7. The Balaban J connectivity index is 1.21. The number of nitrogens with one attached hydrogen (secondary N) is 1. The molecule has 7 rings (SSSR count). The van der Waals surface area contributed by atoms with Crippen molar-refractivity contribution in [2.45, 2.75) is 88.3 Å². The number of aromatic nitrogens is 1. The minimum Gasteiger partial charge on any atom is -0.497 e. The lowest BCUT2D eigenvalue weighted by molar-refractivity contribution is -0.147. The lowest BCUT2D eigenvalue weighted by Crippen LogP contribution is -2.54. The molecule has 4 aliphatic rings. The molecule has 0 bridgehead atoms. The van der Waals surface area contributed by atoms with E-state index in [1.807, 2.05) is 71.6 Å². The Hall–Kier alpha value is -4.93. The van der Waals surface area contributed by atoms with Crippen LogP contribution in [-0.4, -0.2) is 88.0 Å². The number of allylic oxidation sites excluding steroid dienone is 1. The SMILES string of the molecule is COc1ccc2c(O[C@@H]3C[C@H]4C(=O)N[C@]5(C(=O)O)CC5/C=C\CCCCC[C@@H](CC(=O)N5CCCCC5)C(=O)N4C3)cc(-c3ccccc3)nc2c1. The van der Waals surface area contributed by atoms with Crippen LogP contribution in [0.15, 0.2) is 66.7 Å².